The molecule has 9 heteroatoms. The van der Waals surface area contributed by atoms with Crippen LogP contribution in [0.25, 0.3) is 21.3 Å². The topological polar surface area (TPSA) is 89.8 Å². The Labute approximate surface area is 169 Å². The first-order valence-electron chi connectivity index (χ1n) is 8.46. The monoisotopic (exact) mass is 416 g/mol. The zero-order chi connectivity index (χ0) is 20.3. The van der Waals surface area contributed by atoms with Gasteiger partial charge in [-0.15, -0.1) is 11.3 Å². The zero-order valence-corrected chi connectivity index (χ0v) is 16.9. The molecule has 2 heterocycles. The number of benzene rings is 1. The summed E-state index contributed by atoms with van der Waals surface area (Å²) < 4.78 is 13.2. The summed E-state index contributed by atoms with van der Waals surface area (Å²) in [4.78, 5) is 34.3. The van der Waals surface area contributed by atoms with E-state index in [0.717, 1.165) is 5.56 Å². The third-order valence-electron chi connectivity index (χ3n) is 4.15. The molecule has 0 spiro atoms. The van der Waals surface area contributed by atoms with Crippen molar-refractivity contribution in [2.75, 3.05) is 13.6 Å². The lowest BCUT2D eigenvalue weighted by molar-refractivity contribution is -0.128. The van der Waals surface area contributed by atoms with E-state index in [-0.39, 0.29) is 23.7 Å². The molecule has 1 amide bonds. The minimum atomic E-state index is -0.458. The second-order valence-electron chi connectivity index (χ2n) is 6.14. The average molecular weight is 417 g/mol. The first kappa shape index (κ1) is 20.0. The predicted octanol–water partition coefficient (Wildman–Crippen LogP) is 3.64. The highest BCUT2D eigenvalue weighted by molar-refractivity contribution is 8.00. The summed E-state index contributed by atoms with van der Waals surface area (Å²) >= 11 is 2.49. The van der Waals surface area contributed by atoms with Crippen LogP contribution >= 0.6 is 23.1 Å². The molecule has 2 aromatic heterocycles. The molecular weight excluding hydrogens is 399 g/mol. The number of H-pyrrole nitrogens is 1. The lowest BCUT2D eigenvalue weighted by atomic mass is 10.1. The summed E-state index contributed by atoms with van der Waals surface area (Å²) in [6.45, 7) is 2.09. The number of fused-ring (bicyclic) bond motifs is 1. The van der Waals surface area contributed by atoms with Crippen LogP contribution in [-0.4, -0.2) is 39.6 Å². The molecule has 0 saturated carbocycles. The van der Waals surface area contributed by atoms with Crippen LogP contribution in [0.1, 0.15) is 13.3 Å². The van der Waals surface area contributed by atoms with Crippen LogP contribution < -0.4 is 5.56 Å². The Hall–Kier alpha value is -2.70. The third kappa shape index (κ3) is 4.24. The molecular formula is C19H17FN4O2S2. The minimum absolute atomic E-state index is 0.138. The summed E-state index contributed by atoms with van der Waals surface area (Å²) in [5.41, 5.74) is 1.14. The smallest absolute Gasteiger partial charge is 0.260 e. The molecule has 3 rings (SSSR count). The largest absolute Gasteiger partial charge is 0.344 e. The Bertz CT molecular complexity index is 1100. The van der Waals surface area contributed by atoms with Gasteiger partial charge in [0.2, 0.25) is 5.91 Å². The van der Waals surface area contributed by atoms with Gasteiger partial charge in [0.15, 0.2) is 5.16 Å². The second-order valence-corrected chi connectivity index (χ2v) is 8.32. The maximum Gasteiger partial charge on any atom is 0.260 e. The summed E-state index contributed by atoms with van der Waals surface area (Å²) in [6, 6.07) is 7.95. The van der Waals surface area contributed by atoms with Crippen LogP contribution in [0.5, 0.6) is 0 Å². The number of rotatable bonds is 6. The van der Waals surface area contributed by atoms with Crippen LogP contribution in [0.4, 0.5) is 4.39 Å². The van der Waals surface area contributed by atoms with Crippen molar-refractivity contribution in [2.45, 2.75) is 23.8 Å². The van der Waals surface area contributed by atoms with Gasteiger partial charge in [-0.2, -0.15) is 5.26 Å². The third-order valence-corrected chi connectivity index (χ3v) is 5.99. The van der Waals surface area contributed by atoms with E-state index in [2.05, 4.69) is 9.97 Å². The molecule has 144 valence electrons. The number of thiophene rings is 1. The van der Waals surface area contributed by atoms with Crippen molar-refractivity contribution in [3.63, 3.8) is 0 Å². The molecule has 28 heavy (non-hydrogen) atoms. The Balaban J connectivity index is 1.85. The van der Waals surface area contributed by atoms with Crippen LogP contribution in [0.2, 0.25) is 0 Å². The summed E-state index contributed by atoms with van der Waals surface area (Å²) in [7, 11) is 1.64. The number of nitrogens with one attached hydrogen (secondary N) is 1. The first-order chi connectivity index (χ1) is 13.4. The van der Waals surface area contributed by atoms with E-state index in [0.29, 0.717) is 27.5 Å². The molecule has 0 bridgehead atoms. The van der Waals surface area contributed by atoms with Crippen LogP contribution in [0.3, 0.4) is 0 Å². The highest BCUT2D eigenvalue weighted by Crippen LogP contribution is 2.32. The van der Waals surface area contributed by atoms with E-state index in [4.69, 9.17) is 5.26 Å². The summed E-state index contributed by atoms with van der Waals surface area (Å²) in [5.74, 6) is -0.478. The van der Waals surface area contributed by atoms with Crippen LogP contribution in [-0.2, 0) is 4.79 Å². The first-order valence-corrected chi connectivity index (χ1v) is 10.2. The fraction of sp³-hybridized carbons (Fsp3) is 0.263. The van der Waals surface area contributed by atoms with Crippen LogP contribution in [0, 0.1) is 17.1 Å². The number of aromatic nitrogens is 2. The summed E-state index contributed by atoms with van der Waals surface area (Å²) in [5, 5.41) is 10.8. The number of hydrogen-bond acceptors (Lipinski definition) is 6. The van der Waals surface area contributed by atoms with Crippen molar-refractivity contribution < 1.29 is 9.18 Å². The van der Waals surface area contributed by atoms with Crippen molar-refractivity contribution >= 4 is 39.2 Å². The van der Waals surface area contributed by atoms with E-state index in [1.165, 1.54) is 40.1 Å². The number of carbonyl (C=O) groups is 1. The zero-order valence-electron chi connectivity index (χ0n) is 15.2. The molecule has 6 nitrogen and oxygen atoms in total. The van der Waals surface area contributed by atoms with Crippen molar-refractivity contribution in [1.82, 2.24) is 14.9 Å². The lowest BCUT2D eigenvalue weighted by Crippen LogP contribution is -2.34. The maximum absolute atomic E-state index is 13.2. The van der Waals surface area contributed by atoms with Gasteiger partial charge in [-0.3, -0.25) is 9.59 Å². The molecule has 1 N–H and O–H groups in total. The molecule has 3 aromatic rings. The van der Waals surface area contributed by atoms with Gasteiger partial charge in [0.05, 0.1) is 23.1 Å². The van der Waals surface area contributed by atoms with Gasteiger partial charge >= 0.3 is 0 Å². The SMILES string of the molecule is C[C@H](Sc1nc2scc(-c3ccc(F)cc3)c2c(=O)[nH]1)C(=O)N(C)CCC#N. The quantitative estimate of drug-likeness (QED) is 0.489. The van der Waals surface area contributed by atoms with E-state index in [1.54, 1.807) is 26.1 Å². The molecule has 0 saturated heterocycles. The standard InChI is InChI=1S/C19H17FN4O2S2/c1-11(18(26)24(2)9-3-8-21)28-19-22-16(25)15-14(10-27-17(15)23-19)12-4-6-13(20)7-5-12/h4-7,10-11H,3,9H2,1-2H3,(H,22,23,25)/t11-/m0/s1. The van der Waals surface area contributed by atoms with E-state index in [1.807, 2.05) is 11.4 Å². The second kappa shape index (κ2) is 8.54. The van der Waals surface area contributed by atoms with Gasteiger partial charge in [-0.05, 0) is 24.6 Å². The van der Waals surface area contributed by atoms with Crippen LogP contribution in [0.15, 0.2) is 39.6 Å². The van der Waals surface area contributed by atoms with E-state index >= 15 is 0 Å². The number of nitriles is 1. The molecule has 0 unspecified atom stereocenters. The number of hydrogen-bond donors (Lipinski definition) is 1. The van der Waals surface area contributed by atoms with Crippen molar-refractivity contribution in [2.24, 2.45) is 0 Å². The van der Waals surface area contributed by atoms with Gasteiger partial charge in [0, 0.05) is 24.5 Å². The lowest BCUT2D eigenvalue weighted by Gasteiger charge is -2.19. The van der Waals surface area contributed by atoms with Gasteiger partial charge in [-0.1, -0.05) is 23.9 Å². The normalized spacial score (nSPS) is 11.9. The number of aromatic amines is 1. The number of thioether (sulfide) groups is 1. The van der Waals surface area contributed by atoms with Gasteiger partial charge in [0.25, 0.3) is 5.56 Å². The average Bonchev–Trinajstić information content (AvgIpc) is 3.10. The Morgan fingerprint density at radius 3 is 2.82 bits per heavy atom. The fourth-order valence-corrected chi connectivity index (χ4v) is 4.60. The maximum atomic E-state index is 13.2. The summed E-state index contributed by atoms with van der Waals surface area (Å²) in [6.07, 6.45) is 0.266. The highest BCUT2D eigenvalue weighted by Gasteiger charge is 2.21. The van der Waals surface area contributed by atoms with E-state index in [9.17, 15) is 14.0 Å². The van der Waals surface area contributed by atoms with Gasteiger partial charge in [-0.25, -0.2) is 9.37 Å². The molecule has 0 aliphatic carbocycles. The predicted molar refractivity (Wildman–Crippen MR) is 109 cm³/mol. The molecule has 0 fully saturated rings. The molecule has 1 aromatic carbocycles. The van der Waals surface area contributed by atoms with Gasteiger partial charge < -0.3 is 9.88 Å². The molecule has 0 radical (unpaired) electrons. The van der Waals surface area contributed by atoms with E-state index < -0.39 is 5.25 Å². The number of halogens is 1. The number of carbonyl (C=O) groups excluding carboxylic acids is 1. The van der Waals surface area contributed by atoms with Crippen molar-refractivity contribution in [3.05, 3.63) is 45.8 Å². The number of amides is 1. The molecule has 1 atom stereocenters. The molecule has 0 aliphatic rings. The Kier molecular flexibility index (Phi) is 6.11. The fourth-order valence-electron chi connectivity index (χ4n) is 2.68. The Morgan fingerprint density at radius 1 is 1.43 bits per heavy atom. The van der Waals surface area contributed by atoms with Crippen molar-refractivity contribution in [3.8, 4) is 17.2 Å². The highest BCUT2D eigenvalue weighted by atomic mass is 32.2. The molecule has 0 aliphatic heterocycles. The van der Waals surface area contributed by atoms with Gasteiger partial charge in [0.1, 0.15) is 10.6 Å². The minimum Gasteiger partial charge on any atom is -0.344 e. The van der Waals surface area contributed by atoms with Crippen molar-refractivity contribution in [1.29, 1.82) is 5.26 Å². The number of nitrogens with zero attached hydrogens (tertiary/aromatic N) is 3. The Morgan fingerprint density at radius 2 is 2.14 bits per heavy atom.